The van der Waals surface area contributed by atoms with E-state index in [1.807, 2.05) is 0 Å². The molecule has 0 atom stereocenters. The molecule has 0 bridgehead atoms. The van der Waals surface area contributed by atoms with Gasteiger partial charge in [0, 0.05) is 32.2 Å². The van der Waals surface area contributed by atoms with Gasteiger partial charge in [0.2, 0.25) is 5.91 Å². The van der Waals surface area contributed by atoms with Crippen molar-refractivity contribution in [3.63, 3.8) is 0 Å². The second-order valence-electron chi connectivity index (χ2n) is 7.27. The van der Waals surface area contributed by atoms with Crippen LogP contribution in [0.5, 0.6) is 0 Å². The second kappa shape index (κ2) is 6.23. The van der Waals surface area contributed by atoms with Crippen molar-refractivity contribution < 1.29 is 4.79 Å². The molecule has 0 aromatic rings. The lowest BCUT2D eigenvalue weighted by molar-refractivity contribution is -0.122. The fraction of sp³-hybridized carbons (Fsp3) is 0.933. The van der Waals surface area contributed by atoms with Crippen LogP contribution >= 0.6 is 0 Å². The van der Waals surface area contributed by atoms with Crippen molar-refractivity contribution in [1.82, 2.24) is 15.1 Å². The highest BCUT2D eigenvalue weighted by Gasteiger charge is 2.25. The summed E-state index contributed by atoms with van der Waals surface area (Å²) in [5.41, 5.74) is 0.418. The first-order valence-electron chi connectivity index (χ1n) is 7.66. The fourth-order valence-electron chi connectivity index (χ4n) is 2.37. The third-order valence-electron chi connectivity index (χ3n) is 3.95. The molecule has 1 saturated carbocycles. The van der Waals surface area contributed by atoms with Gasteiger partial charge in [-0.25, -0.2) is 0 Å². The fourth-order valence-corrected chi connectivity index (χ4v) is 2.37. The second-order valence-corrected chi connectivity index (χ2v) is 7.27. The third kappa shape index (κ3) is 5.91. The predicted octanol–water partition coefficient (Wildman–Crippen LogP) is 1.32. The normalized spacial score (nSPS) is 22.5. The van der Waals surface area contributed by atoms with Gasteiger partial charge in [-0.1, -0.05) is 20.8 Å². The molecule has 0 radical (unpaired) electrons. The summed E-state index contributed by atoms with van der Waals surface area (Å²) in [5.74, 6) is 0.214. The van der Waals surface area contributed by atoms with E-state index in [-0.39, 0.29) is 5.91 Å². The van der Waals surface area contributed by atoms with Gasteiger partial charge in [-0.3, -0.25) is 9.69 Å². The molecule has 0 aromatic carbocycles. The quantitative estimate of drug-likeness (QED) is 0.816. The van der Waals surface area contributed by atoms with E-state index in [2.05, 4.69) is 35.9 Å². The molecule has 2 fully saturated rings. The average molecular weight is 267 g/mol. The number of carbonyl (C=O) groups is 1. The minimum absolute atomic E-state index is 0.214. The van der Waals surface area contributed by atoms with Crippen molar-refractivity contribution in [1.29, 1.82) is 0 Å². The van der Waals surface area contributed by atoms with E-state index >= 15 is 0 Å². The summed E-state index contributed by atoms with van der Waals surface area (Å²) in [6, 6.07) is 0.487. The van der Waals surface area contributed by atoms with Gasteiger partial charge in [0.05, 0.1) is 6.54 Å². The lowest BCUT2D eigenvalue weighted by Gasteiger charge is -2.35. The predicted molar refractivity (Wildman–Crippen MR) is 78.1 cm³/mol. The van der Waals surface area contributed by atoms with Crippen LogP contribution in [0.25, 0.3) is 0 Å². The zero-order valence-electron chi connectivity index (χ0n) is 12.7. The molecule has 110 valence electrons. The molecule has 4 heteroatoms. The van der Waals surface area contributed by atoms with E-state index in [1.54, 1.807) is 0 Å². The number of carbonyl (C=O) groups excluding carboxylic acids is 1. The largest absolute Gasteiger partial charge is 0.352 e. The van der Waals surface area contributed by atoms with E-state index in [9.17, 15) is 4.79 Å². The van der Waals surface area contributed by atoms with Gasteiger partial charge in [0.25, 0.3) is 0 Å². The number of nitrogens with zero attached hydrogens (tertiary/aromatic N) is 2. The first-order chi connectivity index (χ1) is 8.92. The zero-order chi connectivity index (χ0) is 13.9. The van der Waals surface area contributed by atoms with E-state index in [0.29, 0.717) is 18.0 Å². The van der Waals surface area contributed by atoms with Crippen LogP contribution in [-0.4, -0.2) is 61.0 Å². The average Bonchev–Trinajstić information content (AvgIpc) is 3.11. The van der Waals surface area contributed by atoms with E-state index in [0.717, 1.165) is 26.2 Å². The number of nitrogens with one attached hydrogen (secondary N) is 1. The van der Waals surface area contributed by atoms with Gasteiger partial charge >= 0.3 is 0 Å². The summed E-state index contributed by atoms with van der Waals surface area (Å²) in [6.45, 7) is 12.9. The molecule has 0 spiro atoms. The van der Waals surface area contributed by atoms with Crippen molar-refractivity contribution in [3.8, 4) is 0 Å². The molecule has 1 aliphatic heterocycles. The van der Waals surface area contributed by atoms with Crippen LogP contribution in [0.3, 0.4) is 0 Å². The van der Waals surface area contributed by atoms with Gasteiger partial charge in [-0.05, 0) is 31.2 Å². The first-order valence-corrected chi connectivity index (χ1v) is 7.66. The Morgan fingerprint density at radius 1 is 1.11 bits per heavy atom. The summed E-state index contributed by atoms with van der Waals surface area (Å²) in [6.07, 6.45) is 3.59. The topological polar surface area (TPSA) is 35.6 Å². The molecule has 2 aliphatic rings. The van der Waals surface area contributed by atoms with Crippen molar-refractivity contribution >= 4 is 5.91 Å². The Balaban J connectivity index is 1.60. The maximum atomic E-state index is 11.7. The molecule has 19 heavy (non-hydrogen) atoms. The van der Waals surface area contributed by atoms with Gasteiger partial charge < -0.3 is 10.2 Å². The van der Waals surface area contributed by atoms with E-state index in [4.69, 9.17) is 0 Å². The van der Waals surface area contributed by atoms with Crippen LogP contribution in [-0.2, 0) is 4.79 Å². The summed E-state index contributed by atoms with van der Waals surface area (Å²) >= 11 is 0. The van der Waals surface area contributed by atoms with Crippen LogP contribution in [0.1, 0.15) is 40.0 Å². The van der Waals surface area contributed by atoms with Crippen molar-refractivity contribution in [3.05, 3.63) is 0 Å². The van der Waals surface area contributed by atoms with Crippen molar-refractivity contribution in [2.24, 2.45) is 5.41 Å². The molecule has 4 nitrogen and oxygen atoms in total. The Morgan fingerprint density at radius 3 is 2.21 bits per heavy atom. The summed E-state index contributed by atoms with van der Waals surface area (Å²) in [5, 5.41) is 3.06. The van der Waals surface area contributed by atoms with Crippen LogP contribution in [0.4, 0.5) is 0 Å². The smallest absolute Gasteiger partial charge is 0.234 e. The highest BCUT2D eigenvalue weighted by molar-refractivity contribution is 5.78. The molecule has 1 heterocycles. The maximum Gasteiger partial charge on any atom is 0.234 e. The third-order valence-corrected chi connectivity index (χ3v) is 3.95. The lowest BCUT2D eigenvalue weighted by Crippen LogP contribution is -2.50. The van der Waals surface area contributed by atoms with Crippen LogP contribution in [0.2, 0.25) is 0 Å². The monoisotopic (exact) mass is 267 g/mol. The van der Waals surface area contributed by atoms with Gasteiger partial charge in [0.15, 0.2) is 0 Å². The Kier molecular flexibility index (Phi) is 4.85. The molecule has 1 saturated heterocycles. The minimum Gasteiger partial charge on any atom is -0.352 e. The molecule has 1 aliphatic carbocycles. The number of amides is 1. The number of rotatable bonds is 5. The molecule has 1 amide bonds. The lowest BCUT2D eigenvalue weighted by atomic mass is 9.92. The maximum absolute atomic E-state index is 11.7. The molecular formula is C15H29N3O. The Hall–Kier alpha value is -0.610. The zero-order valence-corrected chi connectivity index (χ0v) is 12.7. The van der Waals surface area contributed by atoms with Crippen LogP contribution in [0.15, 0.2) is 0 Å². The highest BCUT2D eigenvalue weighted by Crippen LogP contribution is 2.19. The summed E-state index contributed by atoms with van der Waals surface area (Å²) in [4.78, 5) is 16.5. The Morgan fingerprint density at radius 2 is 1.68 bits per heavy atom. The Labute approximate surface area is 117 Å². The standard InChI is InChI=1S/C15H29N3O/c1-15(2,3)6-7-17-8-10-18(11-9-17)12-14(19)16-13-4-5-13/h13H,4-12H2,1-3H3,(H,16,19). The molecule has 1 N–H and O–H groups in total. The highest BCUT2D eigenvalue weighted by atomic mass is 16.2. The number of hydrogen-bond donors (Lipinski definition) is 1. The molecule has 2 rings (SSSR count). The SMILES string of the molecule is CC(C)(C)CCN1CCN(CC(=O)NC2CC2)CC1. The minimum atomic E-state index is 0.214. The Bertz CT molecular complexity index is 299. The van der Waals surface area contributed by atoms with Crippen LogP contribution in [0, 0.1) is 5.41 Å². The van der Waals surface area contributed by atoms with E-state index in [1.165, 1.54) is 25.8 Å². The molecule has 0 aromatic heterocycles. The summed E-state index contributed by atoms with van der Waals surface area (Å²) in [7, 11) is 0. The summed E-state index contributed by atoms with van der Waals surface area (Å²) < 4.78 is 0. The van der Waals surface area contributed by atoms with Crippen molar-refractivity contribution in [2.75, 3.05) is 39.3 Å². The van der Waals surface area contributed by atoms with Crippen LogP contribution < -0.4 is 5.32 Å². The van der Waals surface area contributed by atoms with Gasteiger partial charge in [0.1, 0.15) is 0 Å². The molecule has 0 unspecified atom stereocenters. The molecular weight excluding hydrogens is 238 g/mol. The van der Waals surface area contributed by atoms with Gasteiger partial charge in [-0.2, -0.15) is 0 Å². The number of piperazine rings is 1. The van der Waals surface area contributed by atoms with Gasteiger partial charge in [-0.15, -0.1) is 0 Å². The number of hydrogen-bond acceptors (Lipinski definition) is 3. The van der Waals surface area contributed by atoms with Crippen molar-refractivity contribution in [2.45, 2.75) is 46.1 Å². The first kappa shape index (κ1) is 14.8. The van der Waals surface area contributed by atoms with E-state index < -0.39 is 0 Å².